The summed E-state index contributed by atoms with van der Waals surface area (Å²) in [6, 6.07) is 18.3. The van der Waals surface area contributed by atoms with Crippen molar-refractivity contribution in [3.8, 4) is 0 Å². The molecule has 0 aliphatic heterocycles. The molecule has 0 atom stereocenters. The Morgan fingerprint density at radius 1 is 0.857 bits per heavy atom. The molecule has 28 heavy (non-hydrogen) atoms. The van der Waals surface area contributed by atoms with Crippen molar-refractivity contribution in [2.24, 2.45) is 0 Å². The Hall–Kier alpha value is -4.07. The zero-order chi connectivity index (χ0) is 20.1. The van der Waals surface area contributed by atoms with E-state index in [1.807, 2.05) is 0 Å². The molecule has 3 aromatic rings. The van der Waals surface area contributed by atoms with Crippen molar-refractivity contribution in [2.45, 2.75) is 0 Å². The molecule has 8 heteroatoms. The van der Waals surface area contributed by atoms with Crippen LogP contribution in [-0.4, -0.2) is 16.7 Å². The SMILES string of the molecule is O=C(NN(C(=O)c1ccc(F)cc1)c1ccccc1)c1ccc([N+](=O)[O-])cc1. The van der Waals surface area contributed by atoms with Gasteiger partial charge in [0.2, 0.25) is 0 Å². The smallest absolute Gasteiger partial charge is 0.267 e. The molecule has 3 rings (SSSR count). The molecule has 0 saturated carbocycles. The summed E-state index contributed by atoms with van der Waals surface area (Å²) in [6.45, 7) is 0. The van der Waals surface area contributed by atoms with Crippen LogP contribution in [0, 0.1) is 15.9 Å². The Morgan fingerprint density at radius 3 is 2.00 bits per heavy atom. The van der Waals surface area contributed by atoms with E-state index >= 15 is 0 Å². The van der Waals surface area contributed by atoms with Gasteiger partial charge in [-0.1, -0.05) is 18.2 Å². The fourth-order valence-electron chi connectivity index (χ4n) is 2.43. The first-order chi connectivity index (χ1) is 13.5. The number of rotatable bonds is 4. The molecule has 0 spiro atoms. The van der Waals surface area contributed by atoms with Gasteiger partial charge in [0.15, 0.2) is 0 Å². The molecule has 7 nitrogen and oxygen atoms in total. The van der Waals surface area contributed by atoms with E-state index in [1.54, 1.807) is 30.3 Å². The monoisotopic (exact) mass is 379 g/mol. The van der Waals surface area contributed by atoms with Gasteiger partial charge in [-0.25, -0.2) is 9.40 Å². The van der Waals surface area contributed by atoms with Crippen LogP contribution in [0.25, 0.3) is 0 Å². The number of halogens is 1. The maximum absolute atomic E-state index is 13.2. The van der Waals surface area contributed by atoms with E-state index in [0.29, 0.717) is 5.69 Å². The fraction of sp³-hybridized carbons (Fsp3) is 0. The summed E-state index contributed by atoms with van der Waals surface area (Å²) in [5, 5.41) is 11.8. The lowest BCUT2D eigenvalue weighted by Crippen LogP contribution is -2.46. The molecule has 0 unspecified atom stereocenters. The average Bonchev–Trinajstić information content (AvgIpc) is 2.72. The minimum absolute atomic E-state index is 0.137. The number of carbonyl (C=O) groups is 2. The highest BCUT2D eigenvalue weighted by Crippen LogP contribution is 2.17. The maximum atomic E-state index is 13.2. The lowest BCUT2D eigenvalue weighted by Gasteiger charge is -2.23. The van der Waals surface area contributed by atoms with Crippen LogP contribution in [0.4, 0.5) is 15.8 Å². The van der Waals surface area contributed by atoms with Gasteiger partial charge in [-0.3, -0.25) is 25.1 Å². The number of nitrogens with one attached hydrogen (secondary N) is 1. The van der Waals surface area contributed by atoms with Gasteiger partial charge in [-0.15, -0.1) is 0 Å². The highest BCUT2D eigenvalue weighted by molar-refractivity contribution is 6.09. The number of anilines is 1. The van der Waals surface area contributed by atoms with Crippen molar-refractivity contribution >= 4 is 23.2 Å². The van der Waals surface area contributed by atoms with Gasteiger partial charge in [0.25, 0.3) is 17.5 Å². The predicted octanol–water partition coefficient (Wildman–Crippen LogP) is 3.73. The molecule has 0 aliphatic carbocycles. The van der Waals surface area contributed by atoms with E-state index in [9.17, 15) is 24.1 Å². The van der Waals surface area contributed by atoms with Crippen LogP contribution in [0.5, 0.6) is 0 Å². The van der Waals surface area contributed by atoms with Crippen LogP contribution in [0.2, 0.25) is 0 Å². The Kier molecular flexibility index (Phi) is 5.40. The summed E-state index contributed by atoms with van der Waals surface area (Å²) < 4.78 is 13.2. The number of non-ortho nitro benzene ring substituents is 1. The fourth-order valence-corrected chi connectivity index (χ4v) is 2.43. The summed E-state index contributed by atoms with van der Waals surface area (Å²) in [5.41, 5.74) is 3.05. The van der Waals surface area contributed by atoms with Crippen LogP contribution < -0.4 is 10.4 Å². The second-order valence-electron chi connectivity index (χ2n) is 5.73. The van der Waals surface area contributed by atoms with Gasteiger partial charge >= 0.3 is 0 Å². The Balaban J connectivity index is 1.89. The number of nitrogens with zero attached hydrogens (tertiary/aromatic N) is 2. The zero-order valence-electron chi connectivity index (χ0n) is 14.4. The summed E-state index contributed by atoms with van der Waals surface area (Å²) in [5.74, 6) is -1.69. The molecule has 0 radical (unpaired) electrons. The molecular formula is C20H14FN3O4. The molecule has 3 aromatic carbocycles. The van der Waals surface area contributed by atoms with Crippen molar-refractivity contribution in [1.82, 2.24) is 5.43 Å². The van der Waals surface area contributed by atoms with Crippen molar-refractivity contribution in [1.29, 1.82) is 0 Å². The van der Waals surface area contributed by atoms with E-state index < -0.39 is 22.6 Å². The topological polar surface area (TPSA) is 92.6 Å². The van der Waals surface area contributed by atoms with Crippen LogP contribution >= 0.6 is 0 Å². The standard InChI is InChI=1S/C20H14FN3O4/c21-16-10-6-15(7-11-16)20(26)23(17-4-2-1-3-5-17)22-19(25)14-8-12-18(13-9-14)24(27)28/h1-13H,(H,22,25). The largest absolute Gasteiger partial charge is 0.277 e. The number of carbonyl (C=O) groups excluding carboxylic acids is 2. The zero-order valence-corrected chi connectivity index (χ0v) is 14.4. The summed E-state index contributed by atoms with van der Waals surface area (Å²) in [4.78, 5) is 35.6. The highest BCUT2D eigenvalue weighted by Gasteiger charge is 2.21. The number of hydrazine groups is 1. The first-order valence-corrected chi connectivity index (χ1v) is 8.16. The normalized spacial score (nSPS) is 10.2. The van der Waals surface area contributed by atoms with Crippen molar-refractivity contribution in [3.63, 3.8) is 0 Å². The van der Waals surface area contributed by atoms with Gasteiger partial charge in [0.1, 0.15) is 5.82 Å². The van der Waals surface area contributed by atoms with Crippen LogP contribution in [0.1, 0.15) is 20.7 Å². The summed E-state index contributed by atoms with van der Waals surface area (Å²) >= 11 is 0. The third-order valence-corrected chi connectivity index (χ3v) is 3.86. The number of nitro benzene ring substituents is 1. The van der Waals surface area contributed by atoms with Gasteiger partial charge in [0.05, 0.1) is 10.6 Å². The van der Waals surface area contributed by atoms with Gasteiger partial charge < -0.3 is 0 Å². The minimum atomic E-state index is -0.630. The minimum Gasteiger partial charge on any atom is -0.267 e. The summed E-state index contributed by atoms with van der Waals surface area (Å²) in [7, 11) is 0. The second kappa shape index (κ2) is 8.09. The van der Waals surface area contributed by atoms with Gasteiger partial charge in [-0.05, 0) is 48.5 Å². The van der Waals surface area contributed by atoms with Crippen LogP contribution in [0.15, 0.2) is 78.9 Å². The highest BCUT2D eigenvalue weighted by atomic mass is 19.1. The number of amides is 2. The molecule has 2 amide bonds. The quantitative estimate of drug-likeness (QED) is 0.552. The van der Waals surface area contributed by atoms with Crippen LogP contribution in [-0.2, 0) is 0 Å². The number of benzene rings is 3. The molecule has 1 N–H and O–H groups in total. The van der Waals surface area contributed by atoms with Crippen LogP contribution in [0.3, 0.4) is 0 Å². The molecule has 0 fully saturated rings. The Morgan fingerprint density at radius 2 is 1.43 bits per heavy atom. The number of hydrogen-bond acceptors (Lipinski definition) is 4. The first-order valence-electron chi connectivity index (χ1n) is 8.16. The van der Waals surface area contributed by atoms with Crippen molar-refractivity contribution in [3.05, 3.63) is 106 Å². The molecule has 0 aromatic heterocycles. The Labute approximate surface area is 159 Å². The van der Waals surface area contributed by atoms with E-state index in [4.69, 9.17) is 0 Å². The third kappa shape index (κ3) is 4.18. The second-order valence-corrected chi connectivity index (χ2v) is 5.73. The lowest BCUT2D eigenvalue weighted by molar-refractivity contribution is -0.384. The number of para-hydroxylation sites is 1. The molecular weight excluding hydrogens is 365 g/mol. The molecule has 140 valence electrons. The van der Waals surface area contributed by atoms with Gasteiger partial charge in [-0.2, -0.15) is 0 Å². The average molecular weight is 379 g/mol. The van der Waals surface area contributed by atoms with E-state index in [2.05, 4.69) is 5.43 Å². The lowest BCUT2D eigenvalue weighted by atomic mass is 10.2. The first kappa shape index (κ1) is 18.7. The molecule has 0 bridgehead atoms. The maximum Gasteiger partial charge on any atom is 0.277 e. The predicted molar refractivity (Wildman–Crippen MR) is 100 cm³/mol. The van der Waals surface area contributed by atoms with Crippen molar-refractivity contribution < 1.29 is 18.9 Å². The molecule has 0 saturated heterocycles. The van der Waals surface area contributed by atoms with Gasteiger partial charge in [0, 0.05) is 23.3 Å². The van der Waals surface area contributed by atoms with E-state index in [-0.39, 0.29) is 16.8 Å². The number of nitro groups is 1. The Bertz CT molecular complexity index is 1010. The third-order valence-electron chi connectivity index (χ3n) is 3.86. The van der Waals surface area contributed by atoms with E-state index in [0.717, 1.165) is 17.1 Å². The summed E-state index contributed by atoms with van der Waals surface area (Å²) in [6.07, 6.45) is 0. The molecule has 0 aliphatic rings. The number of hydrogen-bond donors (Lipinski definition) is 1. The van der Waals surface area contributed by atoms with Crippen molar-refractivity contribution in [2.75, 3.05) is 5.01 Å². The molecule has 0 heterocycles. The van der Waals surface area contributed by atoms with E-state index in [1.165, 1.54) is 36.4 Å².